The van der Waals surface area contributed by atoms with Crippen LogP contribution in [0.5, 0.6) is 0 Å². The molecule has 1 aliphatic rings. The summed E-state index contributed by atoms with van der Waals surface area (Å²) in [5, 5.41) is 0. The molecule has 1 aromatic heterocycles. The van der Waals surface area contributed by atoms with E-state index in [0.717, 1.165) is 18.2 Å². The van der Waals surface area contributed by atoms with Crippen LogP contribution in [0, 0.1) is 0 Å². The summed E-state index contributed by atoms with van der Waals surface area (Å²) in [4.78, 5) is 11.6. The van der Waals surface area contributed by atoms with Crippen LogP contribution in [0.1, 0.15) is 65.6 Å². The van der Waals surface area contributed by atoms with Gasteiger partial charge < -0.3 is 10.6 Å². The molecule has 1 aromatic rings. The van der Waals surface area contributed by atoms with E-state index in [1.54, 1.807) is 0 Å². The van der Waals surface area contributed by atoms with Crippen molar-refractivity contribution in [1.82, 2.24) is 9.97 Å². The quantitative estimate of drug-likeness (QED) is 0.917. The first-order valence-corrected chi connectivity index (χ1v) is 7.83. The molecule has 2 rings (SSSR count). The predicted molar refractivity (Wildman–Crippen MR) is 85.0 cm³/mol. The lowest BCUT2D eigenvalue weighted by Crippen LogP contribution is -2.37. The first-order valence-electron chi connectivity index (χ1n) is 7.83. The standard InChI is InChI=1S/C16H28N4/c1-5-20(12-9-7-6-8-10-12)14-11-13(17)18-15(19-14)16(2,3)4/h11-12H,5-10H2,1-4H3,(H2,17,18,19). The Morgan fingerprint density at radius 2 is 1.85 bits per heavy atom. The van der Waals surface area contributed by atoms with E-state index < -0.39 is 0 Å². The van der Waals surface area contributed by atoms with Gasteiger partial charge in [0.2, 0.25) is 0 Å². The topological polar surface area (TPSA) is 55.0 Å². The van der Waals surface area contributed by atoms with Crippen LogP contribution in [0.15, 0.2) is 6.07 Å². The summed E-state index contributed by atoms with van der Waals surface area (Å²) in [6, 6.07) is 2.53. The van der Waals surface area contributed by atoms with E-state index in [9.17, 15) is 0 Å². The molecule has 1 aliphatic carbocycles. The van der Waals surface area contributed by atoms with E-state index in [-0.39, 0.29) is 5.41 Å². The van der Waals surface area contributed by atoms with Crippen LogP contribution in [0.3, 0.4) is 0 Å². The summed E-state index contributed by atoms with van der Waals surface area (Å²) in [6.45, 7) is 9.56. The molecule has 4 nitrogen and oxygen atoms in total. The van der Waals surface area contributed by atoms with Gasteiger partial charge in [-0.3, -0.25) is 0 Å². The molecule has 2 N–H and O–H groups in total. The molecular formula is C16H28N4. The number of nitrogen functional groups attached to an aromatic ring is 1. The maximum atomic E-state index is 6.00. The van der Waals surface area contributed by atoms with E-state index in [0.29, 0.717) is 11.9 Å². The van der Waals surface area contributed by atoms with Crippen LogP contribution in [0.2, 0.25) is 0 Å². The van der Waals surface area contributed by atoms with Crippen LogP contribution >= 0.6 is 0 Å². The summed E-state index contributed by atoms with van der Waals surface area (Å²) in [6.07, 6.45) is 6.56. The Hall–Kier alpha value is -1.32. The minimum atomic E-state index is -0.0733. The maximum absolute atomic E-state index is 6.00. The molecular weight excluding hydrogens is 248 g/mol. The first kappa shape index (κ1) is 15.1. The van der Waals surface area contributed by atoms with Gasteiger partial charge >= 0.3 is 0 Å². The van der Waals surface area contributed by atoms with Crippen LogP contribution in [0.25, 0.3) is 0 Å². The number of rotatable bonds is 3. The highest BCUT2D eigenvalue weighted by atomic mass is 15.2. The lowest BCUT2D eigenvalue weighted by atomic mass is 9.94. The van der Waals surface area contributed by atoms with Crippen molar-refractivity contribution < 1.29 is 0 Å². The molecule has 0 aliphatic heterocycles. The molecule has 1 fully saturated rings. The SMILES string of the molecule is CCN(c1cc(N)nc(C(C)(C)C)n1)C1CCCCC1. The van der Waals surface area contributed by atoms with Gasteiger partial charge in [0, 0.05) is 24.1 Å². The molecule has 0 bridgehead atoms. The number of anilines is 2. The molecule has 0 saturated heterocycles. The Labute approximate surface area is 122 Å². The molecule has 20 heavy (non-hydrogen) atoms. The van der Waals surface area contributed by atoms with Gasteiger partial charge in [0.15, 0.2) is 0 Å². The third kappa shape index (κ3) is 3.41. The fourth-order valence-electron chi connectivity index (χ4n) is 2.94. The van der Waals surface area contributed by atoms with Gasteiger partial charge in [-0.25, -0.2) is 9.97 Å². The van der Waals surface area contributed by atoms with Crippen molar-refractivity contribution in [2.45, 2.75) is 71.3 Å². The Morgan fingerprint density at radius 1 is 1.20 bits per heavy atom. The third-order valence-corrected chi connectivity index (χ3v) is 4.05. The van der Waals surface area contributed by atoms with E-state index in [4.69, 9.17) is 10.7 Å². The van der Waals surface area contributed by atoms with Gasteiger partial charge in [-0.1, -0.05) is 40.0 Å². The summed E-state index contributed by atoms with van der Waals surface area (Å²) in [5.41, 5.74) is 5.93. The van der Waals surface area contributed by atoms with Crippen molar-refractivity contribution in [3.05, 3.63) is 11.9 Å². The van der Waals surface area contributed by atoms with Crippen LogP contribution in [-0.2, 0) is 5.41 Å². The second kappa shape index (κ2) is 5.98. The van der Waals surface area contributed by atoms with Gasteiger partial charge in [0.25, 0.3) is 0 Å². The zero-order valence-electron chi connectivity index (χ0n) is 13.3. The van der Waals surface area contributed by atoms with Crippen LogP contribution in [-0.4, -0.2) is 22.6 Å². The van der Waals surface area contributed by atoms with Crippen molar-refractivity contribution in [3.63, 3.8) is 0 Å². The fraction of sp³-hybridized carbons (Fsp3) is 0.750. The summed E-state index contributed by atoms with van der Waals surface area (Å²) < 4.78 is 0. The van der Waals surface area contributed by atoms with Crippen molar-refractivity contribution in [2.24, 2.45) is 0 Å². The van der Waals surface area contributed by atoms with Crippen molar-refractivity contribution in [2.75, 3.05) is 17.2 Å². The maximum Gasteiger partial charge on any atom is 0.138 e. The van der Waals surface area contributed by atoms with Gasteiger partial charge in [-0.05, 0) is 19.8 Å². The molecule has 0 unspecified atom stereocenters. The summed E-state index contributed by atoms with van der Waals surface area (Å²) >= 11 is 0. The number of hydrogen-bond donors (Lipinski definition) is 1. The lowest BCUT2D eigenvalue weighted by molar-refractivity contribution is 0.415. The zero-order valence-corrected chi connectivity index (χ0v) is 13.3. The Kier molecular flexibility index (Phi) is 4.51. The van der Waals surface area contributed by atoms with Gasteiger partial charge in [-0.15, -0.1) is 0 Å². The second-order valence-corrected chi connectivity index (χ2v) is 6.80. The predicted octanol–water partition coefficient (Wildman–Crippen LogP) is 3.52. The van der Waals surface area contributed by atoms with Gasteiger partial charge in [-0.2, -0.15) is 0 Å². The number of nitrogens with two attached hydrogens (primary N) is 1. The molecule has 0 spiro atoms. The molecule has 1 saturated carbocycles. The van der Waals surface area contributed by atoms with Crippen molar-refractivity contribution in [3.8, 4) is 0 Å². The highest BCUT2D eigenvalue weighted by molar-refractivity contribution is 5.48. The molecule has 0 amide bonds. The largest absolute Gasteiger partial charge is 0.384 e. The van der Waals surface area contributed by atoms with E-state index in [2.05, 4.69) is 37.6 Å². The second-order valence-electron chi connectivity index (χ2n) is 6.80. The molecule has 112 valence electrons. The normalized spacial score (nSPS) is 17.2. The van der Waals surface area contributed by atoms with Gasteiger partial charge in [0.05, 0.1) is 0 Å². The fourth-order valence-corrected chi connectivity index (χ4v) is 2.94. The van der Waals surface area contributed by atoms with Crippen molar-refractivity contribution >= 4 is 11.6 Å². The Bertz CT molecular complexity index is 444. The van der Waals surface area contributed by atoms with E-state index in [1.807, 2.05) is 6.07 Å². The highest BCUT2D eigenvalue weighted by Gasteiger charge is 2.24. The lowest BCUT2D eigenvalue weighted by Gasteiger charge is -2.35. The third-order valence-electron chi connectivity index (χ3n) is 4.05. The average molecular weight is 276 g/mol. The average Bonchev–Trinajstić information content (AvgIpc) is 2.39. The molecule has 1 heterocycles. The van der Waals surface area contributed by atoms with Gasteiger partial charge in [0.1, 0.15) is 17.5 Å². The van der Waals surface area contributed by atoms with Crippen LogP contribution in [0.4, 0.5) is 11.6 Å². The first-order chi connectivity index (χ1) is 9.41. The molecule has 4 heteroatoms. The smallest absolute Gasteiger partial charge is 0.138 e. The summed E-state index contributed by atoms with van der Waals surface area (Å²) in [5.74, 6) is 2.41. The Morgan fingerprint density at radius 3 is 2.40 bits per heavy atom. The molecule has 0 radical (unpaired) electrons. The molecule has 0 aromatic carbocycles. The molecule has 0 atom stereocenters. The Balaban J connectivity index is 2.31. The van der Waals surface area contributed by atoms with E-state index >= 15 is 0 Å². The van der Waals surface area contributed by atoms with Crippen molar-refractivity contribution in [1.29, 1.82) is 0 Å². The number of aromatic nitrogens is 2. The van der Waals surface area contributed by atoms with Crippen LogP contribution < -0.4 is 10.6 Å². The zero-order chi connectivity index (χ0) is 14.8. The number of nitrogens with zero attached hydrogens (tertiary/aromatic N) is 3. The minimum Gasteiger partial charge on any atom is -0.384 e. The van der Waals surface area contributed by atoms with E-state index in [1.165, 1.54) is 32.1 Å². The summed E-state index contributed by atoms with van der Waals surface area (Å²) in [7, 11) is 0. The monoisotopic (exact) mass is 276 g/mol. The number of hydrogen-bond acceptors (Lipinski definition) is 4. The highest BCUT2D eigenvalue weighted by Crippen LogP contribution is 2.28. The minimum absolute atomic E-state index is 0.0733.